The maximum atomic E-state index is 13.6. The van der Waals surface area contributed by atoms with Crippen LogP contribution in [0.15, 0.2) is 65.8 Å². The van der Waals surface area contributed by atoms with Crippen molar-refractivity contribution < 1.29 is 43.4 Å². The Kier molecular flexibility index (Phi) is 9.29. The molecule has 0 aliphatic carbocycles. The van der Waals surface area contributed by atoms with E-state index in [9.17, 15) is 17.1 Å². The van der Waals surface area contributed by atoms with Crippen molar-refractivity contribution in [1.82, 2.24) is 0 Å². The molecule has 1 amide bonds. The van der Waals surface area contributed by atoms with Crippen LogP contribution in [0.3, 0.4) is 0 Å². The van der Waals surface area contributed by atoms with Gasteiger partial charge in [-0.05, 0) is 36.4 Å². The van der Waals surface area contributed by atoms with Crippen LogP contribution < -0.4 is 31.6 Å². The fourth-order valence-corrected chi connectivity index (χ4v) is 3.93. The van der Waals surface area contributed by atoms with Crippen molar-refractivity contribution in [3.8, 4) is 5.75 Å². The molecule has 0 fully saturated rings. The van der Waals surface area contributed by atoms with E-state index in [2.05, 4.69) is 5.32 Å². The SMILES string of the molecule is O=C(COc1ccc(Cl)c(Cl)c1)Nc1ccc[n+](Cc2ccc(Cl)cc2S(=O)(=O)F)c1.[Br-]. The molecule has 0 saturated heterocycles. The number of carbonyl (C=O) groups is 1. The van der Waals surface area contributed by atoms with Gasteiger partial charge in [-0.1, -0.05) is 34.8 Å². The second-order valence-electron chi connectivity index (χ2n) is 6.37. The zero-order valence-corrected chi connectivity index (χ0v) is 20.7. The Morgan fingerprint density at radius 1 is 1.06 bits per heavy atom. The number of hydrogen-bond donors (Lipinski definition) is 1. The molecule has 0 saturated carbocycles. The summed E-state index contributed by atoms with van der Waals surface area (Å²) in [7, 11) is -4.95. The summed E-state index contributed by atoms with van der Waals surface area (Å²) in [6, 6.07) is 11.9. The van der Waals surface area contributed by atoms with Crippen LogP contribution in [-0.4, -0.2) is 20.9 Å². The average molecular weight is 585 g/mol. The summed E-state index contributed by atoms with van der Waals surface area (Å²) in [6.07, 6.45) is 3.21. The Morgan fingerprint density at radius 3 is 2.50 bits per heavy atom. The number of rotatable bonds is 7. The van der Waals surface area contributed by atoms with Crippen LogP contribution in [0, 0.1) is 0 Å². The van der Waals surface area contributed by atoms with E-state index in [-0.39, 0.29) is 40.7 Å². The van der Waals surface area contributed by atoms with E-state index in [1.165, 1.54) is 18.2 Å². The van der Waals surface area contributed by atoms with Crippen LogP contribution >= 0.6 is 34.8 Å². The van der Waals surface area contributed by atoms with Crippen LogP contribution in [0.1, 0.15) is 5.56 Å². The molecule has 6 nitrogen and oxygen atoms in total. The summed E-state index contributed by atoms with van der Waals surface area (Å²) >= 11 is 17.5. The summed E-state index contributed by atoms with van der Waals surface area (Å²) in [5.41, 5.74) is 0.646. The molecular weight excluding hydrogens is 570 g/mol. The lowest BCUT2D eigenvalue weighted by Crippen LogP contribution is -3.00. The molecule has 0 spiro atoms. The number of nitrogens with zero attached hydrogens (tertiary/aromatic N) is 1. The minimum Gasteiger partial charge on any atom is -1.00 e. The van der Waals surface area contributed by atoms with E-state index in [0.29, 0.717) is 21.5 Å². The monoisotopic (exact) mass is 582 g/mol. The van der Waals surface area contributed by atoms with Crippen molar-refractivity contribution in [3.63, 3.8) is 0 Å². The van der Waals surface area contributed by atoms with Crippen LogP contribution in [0.2, 0.25) is 15.1 Å². The summed E-state index contributed by atoms with van der Waals surface area (Å²) < 4.78 is 43.4. The first-order valence-electron chi connectivity index (χ1n) is 8.72. The van der Waals surface area contributed by atoms with Gasteiger partial charge in [-0.15, -0.1) is 3.89 Å². The van der Waals surface area contributed by atoms with Crippen molar-refractivity contribution in [2.75, 3.05) is 11.9 Å². The third-order valence-corrected chi connectivity index (χ3v) is 5.93. The van der Waals surface area contributed by atoms with Crippen molar-refractivity contribution >= 4 is 56.6 Å². The minimum absolute atomic E-state index is 0. The second kappa shape index (κ2) is 11.3. The van der Waals surface area contributed by atoms with E-state index >= 15 is 0 Å². The molecule has 3 aromatic rings. The quantitative estimate of drug-likeness (QED) is 0.339. The van der Waals surface area contributed by atoms with E-state index in [4.69, 9.17) is 39.5 Å². The molecule has 170 valence electrons. The zero-order chi connectivity index (χ0) is 22.6. The molecule has 1 aromatic heterocycles. The highest BCUT2D eigenvalue weighted by Crippen LogP contribution is 2.26. The van der Waals surface area contributed by atoms with Gasteiger partial charge in [-0.3, -0.25) is 4.79 Å². The predicted molar refractivity (Wildman–Crippen MR) is 116 cm³/mol. The minimum atomic E-state index is -4.95. The van der Waals surface area contributed by atoms with Gasteiger partial charge in [0.15, 0.2) is 25.5 Å². The molecule has 0 unspecified atom stereocenters. The van der Waals surface area contributed by atoms with Gasteiger partial charge in [0.25, 0.3) is 5.91 Å². The molecule has 2 aromatic carbocycles. The number of carbonyl (C=O) groups excluding carboxylic acids is 1. The highest BCUT2D eigenvalue weighted by atomic mass is 79.9. The predicted octanol–water partition coefficient (Wildman–Crippen LogP) is 1.66. The van der Waals surface area contributed by atoms with Crippen molar-refractivity contribution in [2.24, 2.45) is 0 Å². The fourth-order valence-electron chi connectivity index (χ4n) is 2.69. The Morgan fingerprint density at radius 2 is 1.81 bits per heavy atom. The van der Waals surface area contributed by atoms with Gasteiger partial charge in [0.1, 0.15) is 16.3 Å². The first-order valence-corrected chi connectivity index (χ1v) is 11.2. The third kappa shape index (κ3) is 7.31. The number of aromatic nitrogens is 1. The Labute approximate surface area is 209 Å². The van der Waals surface area contributed by atoms with E-state index < -0.39 is 21.0 Å². The fraction of sp³-hybridized carbons (Fsp3) is 0.100. The van der Waals surface area contributed by atoms with Gasteiger partial charge < -0.3 is 27.0 Å². The summed E-state index contributed by atoms with van der Waals surface area (Å²) in [5.74, 6) is -0.0438. The van der Waals surface area contributed by atoms with Gasteiger partial charge in [-0.2, -0.15) is 13.0 Å². The van der Waals surface area contributed by atoms with Crippen LogP contribution in [0.4, 0.5) is 9.57 Å². The molecule has 1 N–H and O–H groups in total. The normalized spacial score (nSPS) is 10.9. The number of benzene rings is 2. The first-order chi connectivity index (χ1) is 14.6. The number of amides is 1. The largest absolute Gasteiger partial charge is 1.00 e. The van der Waals surface area contributed by atoms with Crippen LogP contribution in [0.5, 0.6) is 5.75 Å². The van der Waals surface area contributed by atoms with E-state index in [1.54, 1.807) is 41.2 Å². The van der Waals surface area contributed by atoms with Gasteiger partial charge in [-0.25, -0.2) is 0 Å². The van der Waals surface area contributed by atoms with E-state index in [0.717, 1.165) is 6.07 Å². The number of hydrogen-bond acceptors (Lipinski definition) is 4. The van der Waals surface area contributed by atoms with Crippen molar-refractivity contribution in [3.05, 3.63) is 81.6 Å². The lowest BCUT2D eigenvalue weighted by Gasteiger charge is -2.08. The lowest BCUT2D eigenvalue weighted by atomic mass is 10.2. The van der Waals surface area contributed by atoms with Gasteiger partial charge >= 0.3 is 10.2 Å². The maximum absolute atomic E-state index is 13.6. The smallest absolute Gasteiger partial charge is 0.332 e. The highest BCUT2D eigenvalue weighted by Gasteiger charge is 2.20. The van der Waals surface area contributed by atoms with Crippen molar-refractivity contribution in [2.45, 2.75) is 11.4 Å². The Balaban J connectivity index is 0.00000363. The van der Waals surface area contributed by atoms with Crippen LogP contribution in [-0.2, 0) is 21.6 Å². The maximum Gasteiger partial charge on any atom is 0.332 e. The van der Waals surface area contributed by atoms with Gasteiger partial charge in [0.2, 0.25) is 0 Å². The van der Waals surface area contributed by atoms with Gasteiger partial charge in [0, 0.05) is 22.7 Å². The highest BCUT2D eigenvalue weighted by molar-refractivity contribution is 7.86. The number of anilines is 1. The zero-order valence-electron chi connectivity index (χ0n) is 16.1. The standard InChI is InChI=1S/C20H14Cl3FN2O4S.BrH/c21-14-4-3-13(19(8-14)31(24,28)29)10-26-7-1-2-15(11-26)25-20(27)12-30-16-5-6-17(22)18(23)9-16;/h1-9,11H,10,12H2;1H. The third-order valence-electron chi connectivity index (χ3n) is 4.05. The molecular formula is C20H15BrCl3FN2O4S. The number of ether oxygens (including phenoxy) is 1. The molecule has 1 heterocycles. The number of pyridine rings is 1. The number of halogens is 5. The van der Waals surface area contributed by atoms with E-state index in [1.807, 2.05) is 0 Å². The molecule has 32 heavy (non-hydrogen) atoms. The Bertz CT molecular complexity index is 1250. The topological polar surface area (TPSA) is 76.3 Å². The molecule has 0 atom stereocenters. The number of nitrogens with one attached hydrogen (secondary N) is 1. The molecule has 0 bridgehead atoms. The first kappa shape index (κ1) is 26.3. The summed E-state index contributed by atoms with van der Waals surface area (Å²) in [4.78, 5) is 11.7. The molecule has 0 radical (unpaired) electrons. The molecule has 0 aliphatic heterocycles. The average Bonchev–Trinajstić information content (AvgIpc) is 2.70. The van der Waals surface area contributed by atoms with Crippen molar-refractivity contribution in [1.29, 1.82) is 0 Å². The van der Waals surface area contributed by atoms with Crippen LogP contribution in [0.25, 0.3) is 0 Å². The Hall–Kier alpha value is -1.91. The second-order valence-corrected chi connectivity index (χ2v) is 8.93. The summed E-state index contributed by atoms with van der Waals surface area (Å²) in [6.45, 7) is -0.229. The summed E-state index contributed by atoms with van der Waals surface area (Å²) in [5, 5.41) is 3.44. The molecule has 12 heteroatoms. The molecule has 0 aliphatic rings. The lowest BCUT2D eigenvalue weighted by molar-refractivity contribution is -0.688. The van der Waals surface area contributed by atoms with Gasteiger partial charge in [0.05, 0.1) is 10.0 Å². The molecule has 3 rings (SSSR count).